The molecule has 0 spiro atoms. The first-order valence-corrected chi connectivity index (χ1v) is 6.58. The molecule has 0 aliphatic carbocycles. The number of furan rings is 1. The Balaban J connectivity index is 1.92. The number of aryl methyl sites for hydroxylation is 1. The van der Waals surface area contributed by atoms with Crippen LogP contribution >= 0.6 is 11.6 Å². The number of halogens is 1. The van der Waals surface area contributed by atoms with Crippen LogP contribution in [0.5, 0.6) is 0 Å². The molecule has 20 heavy (non-hydrogen) atoms. The first kappa shape index (κ1) is 12.8. The van der Waals surface area contributed by atoms with Gasteiger partial charge < -0.3 is 9.73 Å². The van der Waals surface area contributed by atoms with Gasteiger partial charge in [0.15, 0.2) is 5.76 Å². The molecule has 1 amide bonds. The predicted octanol–water partition coefficient (Wildman–Crippen LogP) is 4.65. The second-order valence-electron chi connectivity index (χ2n) is 4.51. The maximum Gasteiger partial charge on any atom is 0.291 e. The minimum atomic E-state index is -0.263. The highest BCUT2D eigenvalue weighted by atomic mass is 35.5. The average molecular weight is 286 g/mol. The quantitative estimate of drug-likeness (QED) is 0.745. The molecule has 0 fully saturated rings. The third-order valence-corrected chi connectivity index (χ3v) is 3.40. The summed E-state index contributed by atoms with van der Waals surface area (Å²) in [7, 11) is 0. The van der Waals surface area contributed by atoms with Gasteiger partial charge in [-0.15, -0.1) is 0 Å². The summed E-state index contributed by atoms with van der Waals surface area (Å²) in [5.74, 6) is 0.0715. The van der Waals surface area contributed by atoms with Crippen molar-refractivity contribution in [2.45, 2.75) is 6.92 Å². The fourth-order valence-corrected chi connectivity index (χ4v) is 2.24. The lowest BCUT2D eigenvalue weighted by Crippen LogP contribution is -2.11. The Kier molecular flexibility index (Phi) is 3.20. The van der Waals surface area contributed by atoms with E-state index >= 15 is 0 Å². The number of anilines is 1. The molecule has 1 aromatic heterocycles. The molecule has 0 aliphatic rings. The fourth-order valence-electron chi connectivity index (χ4n) is 2.11. The van der Waals surface area contributed by atoms with Gasteiger partial charge in [-0.2, -0.15) is 0 Å². The summed E-state index contributed by atoms with van der Waals surface area (Å²) in [5.41, 5.74) is 2.23. The van der Waals surface area contributed by atoms with E-state index in [1.165, 1.54) is 0 Å². The normalized spacial score (nSPS) is 10.7. The lowest BCUT2D eigenvalue weighted by molar-refractivity contribution is 0.0998. The van der Waals surface area contributed by atoms with Crippen molar-refractivity contribution in [1.29, 1.82) is 0 Å². The third kappa shape index (κ3) is 2.28. The van der Waals surface area contributed by atoms with Crippen LogP contribution in [0, 0.1) is 6.92 Å². The lowest BCUT2D eigenvalue weighted by atomic mass is 10.1. The molecule has 3 nitrogen and oxygen atoms in total. The summed E-state index contributed by atoms with van der Waals surface area (Å²) < 4.78 is 5.62. The summed E-state index contributed by atoms with van der Waals surface area (Å²) in [4.78, 5) is 12.3. The molecule has 0 unspecified atom stereocenters. The topological polar surface area (TPSA) is 42.2 Å². The molecular formula is C16H12ClNO2. The van der Waals surface area contributed by atoms with Crippen LogP contribution < -0.4 is 5.32 Å². The third-order valence-electron chi connectivity index (χ3n) is 3.15. The van der Waals surface area contributed by atoms with E-state index in [-0.39, 0.29) is 5.91 Å². The van der Waals surface area contributed by atoms with E-state index in [0.717, 1.165) is 10.9 Å². The van der Waals surface area contributed by atoms with E-state index in [0.29, 0.717) is 22.1 Å². The number of carbonyl (C=O) groups is 1. The van der Waals surface area contributed by atoms with Gasteiger partial charge in [0.25, 0.3) is 5.91 Å². The summed E-state index contributed by atoms with van der Waals surface area (Å²) in [6.45, 7) is 1.88. The highest BCUT2D eigenvalue weighted by Crippen LogP contribution is 2.25. The van der Waals surface area contributed by atoms with Crippen LogP contribution in [0.15, 0.2) is 52.9 Å². The van der Waals surface area contributed by atoms with Gasteiger partial charge in [-0.05, 0) is 37.3 Å². The van der Waals surface area contributed by atoms with Gasteiger partial charge in [0.1, 0.15) is 5.58 Å². The number of amides is 1. The molecular weight excluding hydrogens is 274 g/mol. The van der Waals surface area contributed by atoms with Crippen LogP contribution in [0.1, 0.15) is 16.1 Å². The van der Waals surface area contributed by atoms with E-state index in [9.17, 15) is 4.79 Å². The molecule has 3 rings (SSSR count). The number of benzene rings is 2. The first-order valence-electron chi connectivity index (χ1n) is 6.20. The average Bonchev–Trinajstić information content (AvgIpc) is 2.79. The van der Waals surface area contributed by atoms with Crippen LogP contribution in [-0.4, -0.2) is 5.91 Å². The Morgan fingerprint density at radius 1 is 1.10 bits per heavy atom. The zero-order valence-electron chi connectivity index (χ0n) is 10.8. The molecule has 2 aromatic carbocycles. The smallest absolute Gasteiger partial charge is 0.291 e. The van der Waals surface area contributed by atoms with Gasteiger partial charge in [0.05, 0.1) is 0 Å². The number of rotatable bonds is 2. The number of fused-ring (bicyclic) bond motifs is 1. The van der Waals surface area contributed by atoms with Crippen LogP contribution in [-0.2, 0) is 0 Å². The van der Waals surface area contributed by atoms with Crippen molar-refractivity contribution in [3.8, 4) is 0 Å². The lowest BCUT2D eigenvalue weighted by Gasteiger charge is -2.03. The Bertz CT molecular complexity index is 775. The van der Waals surface area contributed by atoms with Gasteiger partial charge in [0.2, 0.25) is 0 Å². The van der Waals surface area contributed by atoms with E-state index in [2.05, 4.69) is 5.32 Å². The monoisotopic (exact) mass is 285 g/mol. The molecule has 100 valence electrons. The maximum absolute atomic E-state index is 12.3. The Morgan fingerprint density at radius 3 is 2.50 bits per heavy atom. The molecule has 3 aromatic rings. The van der Waals surface area contributed by atoms with Crippen LogP contribution in [0.4, 0.5) is 5.69 Å². The fraction of sp³-hybridized carbons (Fsp3) is 0.0625. The summed E-state index contributed by atoms with van der Waals surface area (Å²) in [6.07, 6.45) is 0. The van der Waals surface area contributed by atoms with Crippen molar-refractivity contribution in [2.24, 2.45) is 0 Å². The van der Waals surface area contributed by atoms with Gasteiger partial charge in [-0.3, -0.25) is 4.79 Å². The van der Waals surface area contributed by atoms with Gasteiger partial charge in [-0.25, -0.2) is 0 Å². The molecule has 0 saturated carbocycles. The Morgan fingerprint density at radius 2 is 1.80 bits per heavy atom. The molecule has 0 aliphatic heterocycles. The number of hydrogen-bond acceptors (Lipinski definition) is 2. The van der Waals surface area contributed by atoms with Crippen molar-refractivity contribution in [3.05, 3.63) is 64.9 Å². The molecule has 0 saturated heterocycles. The largest absolute Gasteiger partial charge is 0.451 e. The van der Waals surface area contributed by atoms with E-state index in [1.54, 1.807) is 24.3 Å². The summed E-state index contributed by atoms with van der Waals surface area (Å²) >= 11 is 5.81. The van der Waals surface area contributed by atoms with Crippen molar-refractivity contribution in [1.82, 2.24) is 0 Å². The second kappa shape index (κ2) is 5.02. The Labute approximate surface area is 121 Å². The number of hydrogen-bond donors (Lipinski definition) is 1. The highest BCUT2D eigenvalue weighted by molar-refractivity contribution is 6.30. The SMILES string of the molecule is Cc1c(C(=O)Nc2ccc(Cl)cc2)oc2ccccc12. The standard InChI is InChI=1S/C16H12ClNO2/c1-10-13-4-2-3-5-14(13)20-15(10)16(19)18-12-8-6-11(17)7-9-12/h2-9H,1H3,(H,18,19). The molecule has 1 heterocycles. The zero-order valence-corrected chi connectivity index (χ0v) is 11.6. The van der Waals surface area contributed by atoms with Crippen molar-refractivity contribution < 1.29 is 9.21 Å². The Hall–Kier alpha value is -2.26. The number of carbonyl (C=O) groups excluding carboxylic acids is 1. The highest BCUT2D eigenvalue weighted by Gasteiger charge is 2.17. The predicted molar refractivity (Wildman–Crippen MR) is 80.4 cm³/mol. The van der Waals surface area contributed by atoms with Gasteiger partial charge in [-0.1, -0.05) is 29.8 Å². The first-order chi connectivity index (χ1) is 9.65. The summed E-state index contributed by atoms with van der Waals surface area (Å²) in [6, 6.07) is 14.5. The van der Waals surface area contributed by atoms with Crippen molar-refractivity contribution in [2.75, 3.05) is 5.32 Å². The van der Waals surface area contributed by atoms with Crippen LogP contribution in [0.2, 0.25) is 5.02 Å². The van der Waals surface area contributed by atoms with E-state index in [1.807, 2.05) is 31.2 Å². The molecule has 0 radical (unpaired) electrons. The molecule has 0 bridgehead atoms. The second-order valence-corrected chi connectivity index (χ2v) is 4.95. The molecule has 4 heteroatoms. The van der Waals surface area contributed by atoms with E-state index < -0.39 is 0 Å². The van der Waals surface area contributed by atoms with Gasteiger partial charge >= 0.3 is 0 Å². The van der Waals surface area contributed by atoms with Crippen molar-refractivity contribution in [3.63, 3.8) is 0 Å². The van der Waals surface area contributed by atoms with Crippen LogP contribution in [0.25, 0.3) is 11.0 Å². The van der Waals surface area contributed by atoms with Crippen molar-refractivity contribution >= 4 is 34.2 Å². The minimum absolute atomic E-state index is 0.263. The number of para-hydroxylation sites is 1. The molecule has 0 atom stereocenters. The minimum Gasteiger partial charge on any atom is -0.451 e. The van der Waals surface area contributed by atoms with Gasteiger partial charge in [0, 0.05) is 21.7 Å². The summed E-state index contributed by atoms with van der Waals surface area (Å²) in [5, 5.41) is 4.38. The zero-order chi connectivity index (χ0) is 14.1. The molecule has 1 N–H and O–H groups in total. The van der Waals surface area contributed by atoms with Crippen LogP contribution in [0.3, 0.4) is 0 Å². The maximum atomic E-state index is 12.3. The van der Waals surface area contributed by atoms with E-state index in [4.69, 9.17) is 16.0 Å². The number of nitrogens with one attached hydrogen (secondary N) is 1.